The van der Waals surface area contributed by atoms with Crippen molar-refractivity contribution in [3.63, 3.8) is 0 Å². The normalized spacial score (nSPS) is 17.4. The van der Waals surface area contributed by atoms with E-state index in [2.05, 4.69) is 14.9 Å². The summed E-state index contributed by atoms with van der Waals surface area (Å²) in [7, 11) is 0. The second-order valence-corrected chi connectivity index (χ2v) is 8.38. The van der Waals surface area contributed by atoms with E-state index in [4.69, 9.17) is 27.9 Å². The lowest BCUT2D eigenvalue weighted by Crippen LogP contribution is -2.57. The van der Waals surface area contributed by atoms with Gasteiger partial charge >= 0.3 is 0 Å². The fourth-order valence-corrected chi connectivity index (χ4v) is 3.46. The molecule has 1 aromatic carbocycles. The highest BCUT2D eigenvalue weighted by molar-refractivity contribution is 6.32. The van der Waals surface area contributed by atoms with E-state index in [1.54, 1.807) is 6.07 Å². The van der Waals surface area contributed by atoms with Crippen LogP contribution in [0.4, 0.5) is 10.2 Å². The molecule has 1 aromatic heterocycles. The first-order valence-electron chi connectivity index (χ1n) is 9.28. The summed E-state index contributed by atoms with van der Waals surface area (Å²) in [6.45, 7) is 7.54. The predicted molar refractivity (Wildman–Crippen MR) is 111 cm³/mol. The van der Waals surface area contributed by atoms with Gasteiger partial charge in [-0.2, -0.15) is 0 Å². The first-order valence-corrected chi connectivity index (χ1v) is 10.2. The third-order valence-electron chi connectivity index (χ3n) is 4.86. The van der Waals surface area contributed by atoms with Crippen LogP contribution in [0.3, 0.4) is 0 Å². The van der Waals surface area contributed by atoms with Crippen molar-refractivity contribution in [1.82, 2.24) is 14.9 Å². The van der Waals surface area contributed by atoms with Crippen LogP contribution in [-0.2, 0) is 4.79 Å². The molecule has 0 unspecified atom stereocenters. The molecule has 0 aliphatic carbocycles. The van der Waals surface area contributed by atoms with Crippen molar-refractivity contribution in [2.24, 2.45) is 5.41 Å². The van der Waals surface area contributed by atoms with Crippen LogP contribution in [0.15, 0.2) is 30.6 Å². The minimum atomic E-state index is -0.595. The lowest BCUT2D eigenvalue weighted by atomic mass is 9.93. The molecule has 1 fully saturated rings. The number of anilines is 1. The maximum Gasteiger partial charge on any atom is 0.229 e. The van der Waals surface area contributed by atoms with E-state index in [1.807, 2.05) is 25.7 Å². The maximum absolute atomic E-state index is 13.2. The Bertz CT molecular complexity index is 897. The van der Waals surface area contributed by atoms with Gasteiger partial charge in [0.25, 0.3) is 0 Å². The molecule has 29 heavy (non-hydrogen) atoms. The lowest BCUT2D eigenvalue weighted by Gasteiger charge is -2.43. The Labute approximate surface area is 179 Å². The number of carbonyl (C=O) groups excluding carboxylic acids is 1. The van der Waals surface area contributed by atoms with Crippen molar-refractivity contribution in [3.8, 4) is 11.6 Å². The molecule has 6 nitrogen and oxygen atoms in total. The zero-order chi connectivity index (χ0) is 21.2. The average Bonchev–Trinajstić information content (AvgIpc) is 2.70. The van der Waals surface area contributed by atoms with Crippen LogP contribution < -0.4 is 9.64 Å². The Hall–Kier alpha value is -2.12. The Balaban J connectivity index is 1.71. The molecule has 0 spiro atoms. The van der Waals surface area contributed by atoms with E-state index >= 15 is 0 Å². The fourth-order valence-electron chi connectivity index (χ4n) is 3.14. The van der Waals surface area contributed by atoms with Crippen LogP contribution in [0.2, 0.25) is 5.02 Å². The number of hydrogen-bond acceptors (Lipinski definition) is 5. The highest BCUT2D eigenvalue weighted by Gasteiger charge is 2.36. The second kappa shape index (κ2) is 8.71. The molecule has 0 saturated carbocycles. The summed E-state index contributed by atoms with van der Waals surface area (Å²) in [5.41, 5.74) is -0.595. The van der Waals surface area contributed by atoms with E-state index in [-0.39, 0.29) is 22.9 Å². The van der Waals surface area contributed by atoms with Gasteiger partial charge in [-0.1, -0.05) is 11.6 Å². The van der Waals surface area contributed by atoms with E-state index in [9.17, 15) is 9.18 Å². The van der Waals surface area contributed by atoms with Gasteiger partial charge in [0, 0.05) is 37.6 Å². The van der Waals surface area contributed by atoms with Gasteiger partial charge in [0.05, 0.1) is 10.4 Å². The standard InChI is InChI=1S/C20H23Cl2FN4O2/c1-13-10-26(6-7-27(13)19(28)20(2,3)11-21)17-9-18(25-12-24-17)29-16-5-4-14(23)8-15(16)22/h4-5,8-9,12-13H,6-7,10-11H2,1-3H3/t13-/m1/s1. The molecular weight excluding hydrogens is 418 g/mol. The van der Waals surface area contributed by atoms with Crippen LogP contribution in [0.1, 0.15) is 20.8 Å². The SMILES string of the molecule is C[C@@H]1CN(c2cc(Oc3ccc(F)cc3Cl)ncn2)CCN1C(=O)C(C)(C)CCl. The molecule has 0 N–H and O–H groups in total. The summed E-state index contributed by atoms with van der Waals surface area (Å²) in [5.74, 6) is 1.19. The first-order chi connectivity index (χ1) is 13.7. The Morgan fingerprint density at radius 2 is 2.07 bits per heavy atom. The minimum absolute atomic E-state index is 0.00428. The summed E-state index contributed by atoms with van der Waals surface area (Å²) in [6.07, 6.45) is 1.40. The van der Waals surface area contributed by atoms with Crippen molar-refractivity contribution in [1.29, 1.82) is 0 Å². The van der Waals surface area contributed by atoms with Gasteiger partial charge in [-0.3, -0.25) is 4.79 Å². The van der Waals surface area contributed by atoms with Crippen molar-refractivity contribution in [2.45, 2.75) is 26.8 Å². The zero-order valence-corrected chi connectivity index (χ0v) is 18.0. The molecule has 1 atom stereocenters. The number of nitrogens with zero attached hydrogens (tertiary/aromatic N) is 4. The average molecular weight is 441 g/mol. The van der Waals surface area contributed by atoms with Crippen molar-refractivity contribution < 1.29 is 13.9 Å². The topological polar surface area (TPSA) is 58.6 Å². The van der Waals surface area contributed by atoms with E-state index in [1.165, 1.54) is 24.5 Å². The van der Waals surface area contributed by atoms with Gasteiger partial charge in [0.15, 0.2) is 0 Å². The zero-order valence-electron chi connectivity index (χ0n) is 16.5. The van der Waals surface area contributed by atoms with Crippen LogP contribution in [0, 0.1) is 11.2 Å². The number of ether oxygens (including phenoxy) is 1. The Kier molecular flexibility index (Phi) is 6.49. The van der Waals surface area contributed by atoms with Gasteiger partial charge in [-0.05, 0) is 39.0 Å². The molecule has 2 aromatic rings. The molecule has 1 amide bonds. The van der Waals surface area contributed by atoms with Gasteiger partial charge < -0.3 is 14.5 Å². The quantitative estimate of drug-likeness (QED) is 0.646. The number of rotatable bonds is 5. The summed E-state index contributed by atoms with van der Waals surface area (Å²) in [4.78, 5) is 25.1. The van der Waals surface area contributed by atoms with Gasteiger partial charge in [0.1, 0.15) is 23.7 Å². The van der Waals surface area contributed by atoms with Crippen LogP contribution >= 0.6 is 23.2 Å². The minimum Gasteiger partial charge on any atom is -0.437 e. The summed E-state index contributed by atoms with van der Waals surface area (Å²) in [5, 5.41) is 0.160. The van der Waals surface area contributed by atoms with Gasteiger partial charge in [-0.15, -0.1) is 11.6 Å². The smallest absolute Gasteiger partial charge is 0.229 e. The largest absolute Gasteiger partial charge is 0.437 e. The maximum atomic E-state index is 13.2. The van der Waals surface area contributed by atoms with E-state index < -0.39 is 11.2 Å². The van der Waals surface area contributed by atoms with Crippen molar-refractivity contribution in [3.05, 3.63) is 41.4 Å². The first kappa shape index (κ1) is 21.6. The lowest BCUT2D eigenvalue weighted by molar-refractivity contribution is -0.141. The monoisotopic (exact) mass is 440 g/mol. The summed E-state index contributed by atoms with van der Waals surface area (Å²) >= 11 is 12.0. The Morgan fingerprint density at radius 3 is 2.72 bits per heavy atom. The number of benzene rings is 1. The highest BCUT2D eigenvalue weighted by atomic mass is 35.5. The van der Waals surface area contributed by atoms with Crippen LogP contribution in [-0.4, -0.2) is 52.3 Å². The molecule has 0 radical (unpaired) electrons. The molecule has 0 bridgehead atoms. The molecule has 1 aliphatic rings. The van der Waals surface area contributed by atoms with E-state index in [0.29, 0.717) is 37.1 Å². The summed E-state index contributed by atoms with van der Waals surface area (Å²) in [6, 6.07) is 5.60. The number of carbonyl (C=O) groups is 1. The van der Waals surface area contributed by atoms with Crippen molar-refractivity contribution >= 4 is 34.9 Å². The van der Waals surface area contributed by atoms with Crippen molar-refractivity contribution in [2.75, 3.05) is 30.4 Å². The highest BCUT2D eigenvalue weighted by Crippen LogP contribution is 2.30. The molecule has 1 saturated heterocycles. The fraction of sp³-hybridized carbons (Fsp3) is 0.450. The molecule has 3 rings (SSSR count). The predicted octanol–water partition coefficient (Wildman–Crippen LogP) is 4.36. The molecule has 1 aliphatic heterocycles. The molecule has 2 heterocycles. The number of halogens is 3. The van der Waals surface area contributed by atoms with E-state index in [0.717, 1.165) is 0 Å². The number of amides is 1. The number of piperazine rings is 1. The molecule has 156 valence electrons. The number of alkyl halides is 1. The van der Waals surface area contributed by atoms with Gasteiger partial charge in [0.2, 0.25) is 11.8 Å². The van der Waals surface area contributed by atoms with Gasteiger partial charge in [-0.25, -0.2) is 14.4 Å². The number of hydrogen-bond donors (Lipinski definition) is 0. The van der Waals surface area contributed by atoms with Crippen LogP contribution in [0.5, 0.6) is 11.6 Å². The Morgan fingerprint density at radius 1 is 1.31 bits per heavy atom. The molecular formula is C20H23Cl2FN4O2. The summed E-state index contributed by atoms with van der Waals surface area (Å²) < 4.78 is 18.9. The number of aromatic nitrogens is 2. The van der Waals surface area contributed by atoms with Crippen LogP contribution in [0.25, 0.3) is 0 Å². The third kappa shape index (κ3) is 4.90. The third-order valence-corrected chi connectivity index (χ3v) is 5.82. The molecule has 9 heteroatoms. The second-order valence-electron chi connectivity index (χ2n) is 7.70.